The van der Waals surface area contributed by atoms with Crippen molar-refractivity contribution in [3.63, 3.8) is 0 Å². The van der Waals surface area contributed by atoms with Crippen molar-refractivity contribution in [1.29, 1.82) is 0 Å². The van der Waals surface area contributed by atoms with Crippen LogP contribution >= 0.6 is 0 Å². The van der Waals surface area contributed by atoms with E-state index in [2.05, 4.69) is 13.8 Å². The molecule has 0 aliphatic heterocycles. The van der Waals surface area contributed by atoms with Gasteiger partial charge in [0.2, 0.25) is 0 Å². The van der Waals surface area contributed by atoms with Crippen molar-refractivity contribution in [1.82, 2.24) is 0 Å². The van der Waals surface area contributed by atoms with E-state index < -0.39 is 5.60 Å². The van der Waals surface area contributed by atoms with Gasteiger partial charge in [-0.3, -0.25) is 5.26 Å². The van der Waals surface area contributed by atoms with Gasteiger partial charge in [0.1, 0.15) is 5.60 Å². The zero-order chi connectivity index (χ0) is 11.4. The van der Waals surface area contributed by atoms with Gasteiger partial charge in [-0.2, -0.15) is 0 Å². The number of hydrogen-bond donors (Lipinski definition) is 1. The quantitative estimate of drug-likeness (QED) is 0.566. The molecule has 1 aliphatic carbocycles. The molecule has 0 bridgehead atoms. The largest absolute Gasteiger partial charge is 0.384 e. The molecule has 1 aliphatic rings. The second-order valence-electron chi connectivity index (χ2n) is 4.99. The van der Waals surface area contributed by atoms with Gasteiger partial charge in [-0.05, 0) is 19.3 Å². The van der Waals surface area contributed by atoms with Crippen LogP contribution in [0.15, 0.2) is 0 Å². The monoisotopic (exact) mass is 216 g/mol. The molecule has 0 aromatic heterocycles. The van der Waals surface area contributed by atoms with Crippen molar-refractivity contribution >= 4 is 0 Å². The minimum atomic E-state index is -0.393. The summed E-state index contributed by atoms with van der Waals surface area (Å²) in [5, 5.41) is 9.28. The van der Waals surface area contributed by atoms with Gasteiger partial charge in [-0.1, -0.05) is 33.1 Å². The lowest BCUT2D eigenvalue weighted by molar-refractivity contribution is -0.364. The first-order valence-corrected chi connectivity index (χ1v) is 5.95. The van der Waals surface area contributed by atoms with Crippen LogP contribution < -0.4 is 0 Å². The molecule has 0 aromatic carbocycles. The van der Waals surface area contributed by atoms with Crippen molar-refractivity contribution in [3.05, 3.63) is 0 Å². The molecular weight excluding hydrogens is 192 g/mol. The fourth-order valence-electron chi connectivity index (χ4n) is 2.80. The molecule has 1 saturated carbocycles. The lowest BCUT2D eigenvalue weighted by Gasteiger charge is -2.47. The third-order valence-electron chi connectivity index (χ3n) is 4.18. The molecule has 90 valence electrons. The molecular formula is C12H24O3. The first kappa shape index (κ1) is 12.9. The fraction of sp³-hybridized carbons (Fsp3) is 1.00. The summed E-state index contributed by atoms with van der Waals surface area (Å²) in [4.78, 5) is 4.91. The van der Waals surface area contributed by atoms with Crippen LogP contribution in [0.2, 0.25) is 0 Å². The summed E-state index contributed by atoms with van der Waals surface area (Å²) in [7, 11) is 1.71. The molecule has 0 spiro atoms. The van der Waals surface area contributed by atoms with E-state index in [1.165, 1.54) is 6.42 Å². The van der Waals surface area contributed by atoms with Crippen LogP contribution in [0, 0.1) is 5.41 Å². The summed E-state index contributed by atoms with van der Waals surface area (Å²) >= 11 is 0. The number of rotatable bonds is 5. The van der Waals surface area contributed by atoms with Gasteiger partial charge in [0.05, 0.1) is 6.61 Å². The van der Waals surface area contributed by atoms with Crippen molar-refractivity contribution in [2.45, 2.75) is 58.0 Å². The van der Waals surface area contributed by atoms with Gasteiger partial charge in [0.15, 0.2) is 0 Å². The zero-order valence-electron chi connectivity index (χ0n) is 10.2. The van der Waals surface area contributed by atoms with E-state index in [1.54, 1.807) is 7.11 Å². The Morgan fingerprint density at radius 2 is 1.87 bits per heavy atom. The van der Waals surface area contributed by atoms with Crippen LogP contribution in [-0.4, -0.2) is 24.6 Å². The standard InChI is InChI=1S/C12H24O3/c1-4-11(2,10-14-3)12(15-13)8-6-5-7-9-12/h13H,4-10H2,1-3H3/t11-/m0/s1. The van der Waals surface area contributed by atoms with Crippen LogP contribution in [0.1, 0.15) is 52.4 Å². The van der Waals surface area contributed by atoms with E-state index >= 15 is 0 Å². The lowest BCUT2D eigenvalue weighted by Crippen LogP contribution is -2.51. The van der Waals surface area contributed by atoms with E-state index in [4.69, 9.17) is 9.62 Å². The van der Waals surface area contributed by atoms with Gasteiger partial charge in [0, 0.05) is 12.5 Å². The van der Waals surface area contributed by atoms with Crippen molar-refractivity contribution in [2.24, 2.45) is 5.41 Å². The molecule has 1 rings (SSSR count). The zero-order valence-corrected chi connectivity index (χ0v) is 10.2. The highest BCUT2D eigenvalue weighted by atomic mass is 17.1. The van der Waals surface area contributed by atoms with Gasteiger partial charge in [-0.25, -0.2) is 4.89 Å². The second-order valence-corrected chi connectivity index (χ2v) is 4.99. The molecule has 3 heteroatoms. The van der Waals surface area contributed by atoms with Crippen molar-refractivity contribution in [3.8, 4) is 0 Å². The third kappa shape index (κ3) is 2.35. The summed E-state index contributed by atoms with van der Waals surface area (Å²) in [5.74, 6) is 0. The molecule has 0 saturated heterocycles. The first-order chi connectivity index (χ1) is 7.14. The molecule has 0 radical (unpaired) electrons. The summed E-state index contributed by atoms with van der Waals surface area (Å²) in [5.41, 5.74) is -0.479. The van der Waals surface area contributed by atoms with E-state index in [0.717, 1.165) is 32.1 Å². The number of methoxy groups -OCH3 is 1. The topological polar surface area (TPSA) is 38.7 Å². The molecule has 0 unspecified atom stereocenters. The minimum Gasteiger partial charge on any atom is -0.384 e. The maximum atomic E-state index is 9.28. The Bertz CT molecular complexity index is 187. The Kier molecular flexibility index (Phi) is 4.56. The number of ether oxygens (including phenoxy) is 1. The summed E-state index contributed by atoms with van der Waals surface area (Å²) < 4.78 is 5.29. The third-order valence-corrected chi connectivity index (χ3v) is 4.18. The normalized spacial score (nSPS) is 24.8. The predicted octanol–water partition coefficient (Wildman–Crippen LogP) is 3.24. The predicted molar refractivity (Wildman–Crippen MR) is 59.8 cm³/mol. The van der Waals surface area contributed by atoms with Gasteiger partial charge >= 0.3 is 0 Å². The molecule has 3 nitrogen and oxygen atoms in total. The van der Waals surface area contributed by atoms with E-state index in [-0.39, 0.29) is 5.41 Å². The van der Waals surface area contributed by atoms with Gasteiger partial charge in [0.25, 0.3) is 0 Å². The van der Waals surface area contributed by atoms with Crippen LogP contribution in [0.5, 0.6) is 0 Å². The maximum Gasteiger partial charge on any atom is 0.111 e. The highest BCUT2D eigenvalue weighted by Gasteiger charge is 2.49. The second kappa shape index (κ2) is 5.28. The van der Waals surface area contributed by atoms with E-state index in [0.29, 0.717) is 6.61 Å². The lowest BCUT2D eigenvalue weighted by atomic mass is 9.65. The van der Waals surface area contributed by atoms with Crippen LogP contribution in [-0.2, 0) is 9.62 Å². The summed E-state index contributed by atoms with van der Waals surface area (Å²) in [6.45, 7) is 4.93. The van der Waals surface area contributed by atoms with Gasteiger partial charge in [-0.15, -0.1) is 0 Å². The molecule has 15 heavy (non-hydrogen) atoms. The smallest absolute Gasteiger partial charge is 0.111 e. The Hall–Kier alpha value is -0.120. The highest BCUT2D eigenvalue weighted by molar-refractivity contribution is 4.98. The SMILES string of the molecule is CC[C@@](C)(COC)C1(OO)CCCCC1. The van der Waals surface area contributed by atoms with Crippen molar-refractivity contribution in [2.75, 3.05) is 13.7 Å². The van der Waals surface area contributed by atoms with E-state index in [9.17, 15) is 5.26 Å². The average molecular weight is 216 g/mol. The molecule has 1 atom stereocenters. The Labute approximate surface area is 92.7 Å². The molecule has 0 heterocycles. The molecule has 0 aromatic rings. The van der Waals surface area contributed by atoms with Crippen LogP contribution in [0.3, 0.4) is 0 Å². The first-order valence-electron chi connectivity index (χ1n) is 5.95. The molecule has 1 fully saturated rings. The van der Waals surface area contributed by atoms with E-state index in [1.807, 2.05) is 0 Å². The Morgan fingerprint density at radius 3 is 2.27 bits per heavy atom. The highest BCUT2D eigenvalue weighted by Crippen LogP contribution is 2.46. The molecule has 1 N–H and O–H groups in total. The van der Waals surface area contributed by atoms with Crippen LogP contribution in [0.4, 0.5) is 0 Å². The number of hydrogen-bond acceptors (Lipinski definition) is 3. The molecule has 0 amide bonds. The maximum absolute atomic E-state index is 9.28. The minimum absolute atomic E-state index is 0.0864. The average Bonchev–Trinajstić information content (AvgIpc) is 2.30. The summed E-state index contributed by atoms with van der Waals surface area (Å²) in [6.07, 6.45) is 6.37. The van der Waals surface area contributed by atoms with Crippen molar-refractivity contribution < 1.29 is 14.9 Å². The fourth-order valence-corrected chi connectivity index (χ4v) is 2.80. The van der Waals surface area contributed by atoms with Crippen LogP contribution in [0.25, 0.3) is 0 Å². The summed E-state index contributed by atoms with van der Waals surface area (Å²) in [6, 6.07) is 0. The Morgan fingerprint density at radius 1 is 1.27 bits per heavy atom. The van der Waals surface area contributed by atoms with Gasteiger partial charge < -0.3 is 4.74 Å². The Balaban J connectivity index is 2.84.